The van der Waals surface area contributed by atoms with Gasteiger partial charge in [-0.2, -0.15) is 15.1 Å². The van der Waals surface area contributed by atoms with E-state index in [0.29, 0.717) is 105 Å². The van der Waals surface area contributed by atoms with Gasteiger partial charge in [-0.15, -0.1) is 6.42 Å². The number of likely N-dealkylation sites (tertiary alicyclic amines) is 1. The van der Waals surface area contributed by atoms with E-state index in [1.165, 1.54) is 13.2 Å². The summed E-state index contributed by atoms with van der Waals surface area (Å²) in [6, 6.07) is 14.3. The Balaban J connectivity index is 0.000000161. The summed E-state index contributed by atoms with van der Waals surface area (Å²) < 4.78 is 81.3. The van der Waals surface area contributed by atoms with Gasteiger partial charge in [0.05, 0.1) is 65.6 Å². The van der Waals surface area contributed by atoms with Gasteiger partial charge in [0.25, 0.3) is 5.92 Å². The van der Waals surface area contributed by atoms with E-state index in [4.69, 9.17) is 35.6 Å². The summed E-state index contributed by atoms with van der Waals surface area (Å²) in [5.41, 5.74) is 4.54. The van der Waals surface area contributed by atoms with Crippen LogP contribution >= 0.6 is 0 Å². The SMILES string of the molecule is C#Cc1c(F)ccc2cccc(-c3nc4c5c(nc(OCC67CCCN6CCC7)nc5c3F)N3CCCOCC3CC4)c12.C=C1CCC(c2nn(C)c3cc(N4CCC(CC5CCN(C(=O)OC)CC5)C(F)(F)C4)ccc23)C(=O)N1. The lowest BCUT2D eigenvalue weighted by Gasteiger charge is -2.41. The maximum Gasteiger partial charge on any atom is 0.409 e. The molecule has 6 saturated heterocycles. The number of amides is 2. The van der Waals surface area contributed by atoms with Crippen molar-refractivity contribution >= 4 is 56.1 Å². The fourth-order valence-electron chi connectivity index (χ4n) is 14.0. The maximum atomic E-state index is 16.9. The highest BCUT2D eigenvalue weighted by atomic mass is 19.3. The molecule has 1 N–H and O–H groups in total. The van der Waals surface area contributed by atoms with Crippen LogP contribution in [-0.4, -0.2) is 137 Å². The van der Waals surface area contributed by atoms with Crippen LogP contribution in [0, 0.1) is 35.8 Å². The molecular weight excluding hydrogens is 1030 g/mol. The first-order valence-corrected chi connectivity index (χ1v) is 28.4. The first-order valence-electron chi connectivity index (χ1n) is 28.4. The van der Waals surface area contributed by atoms with Crippen molar-refractivity contribution in [2.75, 3.05) is 82.5 Å². The number of benzene rings is 3. The van der Waals surface area contributed by atoms with E-state index in [-0.39, 0.29) is 64.7 Å². The van der Waals surface area contributed by atoms with Crippen LogP contribution in [-0.2, 0) is 27.7 Å². The average Bonchev–Trinajstić information content (AvgIpc) is 4.22. The molecule has 0 bridgehead atoms. The summed E-state index contributed by atoms with van der Waals surface area (Å²) in [6.45, 7) is 9.84. The predicted octanol–water partition coefficient (Wildman–Crippen LogP) is 10.1. The number of fused-ring (bicyclic) bond motifs is 5. The normalized spacial score (nSPS) is 23.0. The number of carbonyl (C=O) groups is 2. The van der Waals surface area contributed by atoms with Crippen molar-refractivity contribution in [2.45, 2.75) is 107 Å². The first kappa shape index (κ1) is 53.6. The smallest absolute Gasteiger partial charge is 0.409 e. The number of ether oxygens (including phenoxy) is 3. The predicted molar refractivity (Wildman–Crippen MR) is 298 cm³/mol. The molecule has 3 aromatic heterocycles. The Labute approximate surface area is 463 Å². The Hall–Kier alpha value is -7.04. The van der Waals surface area contributed by atoms with Crippen LogP contribution in [0.2, 0.25) is 0 Å². The fourth-order valence-corrected chi connectivity index (χ4v) is 14.0. The highest BCUT2D eigenvalue weighted by Gasteiger charge is 2.47. The van der Waals surface area contributed by atoms with E-state index >= 15 is 13.2 Å². The first-order chi connectivity index (χ1) is 38.7. The van der Waals surface area contributed by atoms with Crippen molar-refractivity contribution in [1.82, 2.24) is 39.8 Å². The van der Waals surface area contributed by atoms with Gasteiger partial charge in [-0.25, -0.2) is 27.3 Å². The summed E-state index contributed by atoms with van der Waals surface area (Å²) in [6.07, 6.45) is 15.8. The molecule has 19 heteroatoms. The molecule has 6 aromatic rings. The number of aromatic nitrogens is 5. The minimum Gasteiger partial charge on any atom is -0.461 e. The van der Waals surface area contributed by atoms with Crippen LogP contribution in [0.3, 0.4) is 0 Å². The Morgan fingerprint density at radius 3 is 2.51 bits per heavy atom. The molecule has 0 aliphatic carbocycles. The van der Waals surface area contributed by atoms with Gasteiger partial charge in [0, 0.05) is 73.5 Å². The van der Waals surface area contributed by atoms with Crippen molar-refractivity contribution in [3.8, 4) is 29.6 Å². The van der Waals surface area contributed by atoms with Crippen LogP contribution in [0.25, 0.3) is 43.8 Å². The number of carbonyl (C=O) groups excluding carboxylic acids is 2. The lowest BCUT2D eigenvalue weighted by molar-refractivity contribution is -0.122. The third-order valence-corrected chi connectivity index (χ3v) is 18.2. The highest BCUT2D eigenvalue weighted by Crippen LogP contribution is 2.45. The summed E-state index contributed by atoms with van der Waals surface area (Å²) in [7, 11) is 3.18. The molecule has 0 spiro atoms. The van der Waals surface area contributed by atoms with Crippen molar-refractivity contribution < 1.29 is 41.4 Å². The highest BCUT2D eigenvalue weighted by molar-refractivity contribution is 6.03. The Bertz CT molecular complexity index is 3440. The monoisotopic (exact) mass is 1100 g/mol. The van der Waals surface area contributed by atoms with Crippen molar-refractivity contribution in [1.29, 1.82) is 0 Å². The molecule has 15 nitrogen and oxygen atoms in total. The number of halogens is 4. The summed E-state index contributed by atoms with van der Waals surface area (Å²) in [4.78, 5) is 47.0. The van der Waals surface area contributed by atoms with Gasteiger partial charge in [-0.05, 0) is 132 Å². The average molecular weight is 1100 g/mol. The van der Waals surface area contributed by atoms with E-state index in [9.17, 15) is 14.0 Å². The minimum atomic E-state index is -2.80. The number of alkyl halides is 2. The molecular formula is C61H68F4N10O5. The Kier molecular flexibility index (Phi) is 14.6. The van der Waals surface area contributed by atoms with Crippen LogP contribution in [0.15, 0.2) is 60.8 Å². The minimum absolute atomic E-state index is 0.00280. The van der Waals surface area contributed by atoms with Crippen LogP contribution in [0.5, 0.6) is 6.01 Å². The second-order valence-corrected chi connectivity index (χ2v) is 23.0. The summed E-state index contributed by atoms with van der Waals surface area (Å²) in [5, 5.41) is 10.1. The molecule has 0 saturated carbocycles. The number of nitrogens with zero attached hydrogens (tertiary/aromatic N) is 9. The van der Waals surface area contributed by atoms with E-state index in [2.05, 4.69) is 32.7 Å². The number of aryl methyl sites for hydroxylation is 2. The second kappa shape index (κ2) is 21.8. The molecule has 420 valence electrons. The molecule has 80 heavy (non-hydrogen) atoms. The summed E-state index contributed by atoms with van der Waals surface area (Å²) in [5.74, 6) is -1.69. The third-order valence-electron chi connectivity index (χ3n) is 18.2. The van der Waals surface area contributed by atoms with Crippen LogP contribution in [0.4, 0.5) is 33.9 Å². The van der Waals surface area contributed by atoms with Gasteiger partial charge < -0.3 is 34.2 Å². The number of pyridine rings is 1. The molecule has 10 heterocycles. The van der Waals surface area contributed by atoms with Gasteiger partial charge in [0.1, 0.15) is 29.5 Å². The number of allylic oxidation sites excluding steroid dienone is 1. The number of nitrogens with one attached hydrogen (secondary N) is 1. The van der Waals surface area contributed by atoms with Gasteiger partial charge in [-0.1, -0.05) is 36.8 Å². The van der Waals surface area contributed by atoms with E-state index in [1.807, 2.05) is 37.4 Å². The zero-order valence-corrected chi connectivity index (χ0v) is 45.6. The number of hydrogen-bond donors (Lipinski definition) is 1. The van der Waals surface area contributed by atoms with E-state index < -0.39 is 23.5 Å². The molecule has 7 aliphatic heterocycles. The number of terminal acetylenes is 1. The quantitative estimate of drug-likeness (QED) is 0.115. The van der Waals surface area contributed by atoms with Crippen molar-refractivity contribution in [3.05, 3.63) is 89.4 Å². The van der Waals surface area contributed by atoms with Gasteiger partial charge in [0.2, 0.25) is 5.91 Å². The zero-order valence-electron chi connectivity index (χ0n) is 45.6. The van der Waals surface area contributed by atoms with E-state index in [0.717, 1.165) is 99.0 Å². The van der Waals surface area contributed by atoms with Gasteiger partial charge in [-0.3, -0.25) is 14.4 Å². The maximum absolute atomic E-state index is 16.9. The van der Waals surface area contributed by atoms with Crippen molar-refractivity contribution in [2.24, 2.45) is 18.9 Å². The molecule has 3 aromatic carbocycles. The lowest BCUT2D eigenvalue weighted by Crippen LogP contribution is -2.49. The Morgan fingerprint density at radius 2 is 1.75 bits per heavy atom. The topological polar surface area (TPSA) is 143 Å². The number of anilines is 2. The molecule has 2 amide bonds. The molecule has 0 radical (unpaired) electrons. The number of piperidine rings is 3. The molecule has 13 rings (SSSR count). The number of hydrogen-bond acceptors (Lipinski definition) is 12. The number of methoxy groups -OCH3 is 1. The summed E-state index contributed by atoms with van der Waals surface area (Å²) >= 11 is 0. The Morgan fingerprint density at radius 1 is 0.938 bits per heavy atom. The van der Waals surface area contributed by atoms with Gasteiger partial charge in [0.15, 0.2) is 5.82 Å². The second-order valence-electron chi connectivity index (χ2n) is 23.0. The number of rotatable bonds is 8. The largest absolute Gasteiger partial charge is 0.461 e. The standard InChI is InChI=1S/C34H33F2N5O2.C27H35F2N5O3/c1-2-23-25(35)11-9-21-7-3-8-24(27(21)23)30-29(36)31-28-26(37-30)12-10-22-19-42-18-6-17-41(22)32(28)39-33(38-31)43-20-34-13-4-15-40(34)16-5-14-34;1-17-4-6-22(25(35)30-17)24-21-7-5-20(15-23(21)32(2)31-24)34-13-10-19(27(28,29)16-34)14-18-8-11-33(12-9-18)26(36)37-3/h1,3,7-9,11,22H,4-6,10,12-20H2;5,7,15,18-19,22H,1,4,6,8-14,16H2,2-3H3,(H,30,35). The third kappa shape index (κ3) is 9.94. The molecule has 6 fully saturated rings. The fraction of sp³-hybridized carbons (Fsp3) is 0.508. The van der Waals surface area contributed by atoms with E-state index in [1.54, 1.807) is 26.6 Å². The molecule has 7 aliphatic rings. The van der Waals surface area contributed by atoms with Crippen LogP contribution < -0.4 is 19.9 Å². The van der Waals surface area contributed by atoms with Crippen LogP contribution in [0.1, 0.15) is 99.9 Å². The van der Waals surface area contributed by atoms with Gasteiger partial charge >= 0.3 is 12.1 Å². The molecule has 3 atom stereocenters. The van der Waals surface area contributed by atoms with Crippen molar-refractivity contribution in [3.63, 3.8) is 0 Å². The molecule has 3 unspecified atom stereocenters. The lowest BCUT2D eigenvalue weighted by atomic mass is 9.80. The zero-order chi connectivity index (χ0) is 55.5.